The highest BCUT2D eigenvalue weighted by Gasteiger charge is 2.23. The normalized spacial score (nSPS) is 18.8. The Bertz CT molecular complexity index is 582. The van der Waals surface area contributed by atoms with E-state index >= 15 is 0 Å². The number of likely N-dealkylation sites (tertiary alicyclic amines) is 1. The predicted molar refractivity (Wildman–Crippen MR) is 104 cm³/mol. The molecule has 5 nitrogen and oxygen atoms in total. The fourth-order valence-electron chi connectivity index (χ4n) is 3.55. The number of amides is 2. The second-order valence-corrected chi connectivity index (χ2v) is 7.99. The molecule has 6 heteroatoms. The number of hydrogen-bond donors (Lipinski definition) is 0. The highest BCUT2D eigenvalue weighted by Crippen LogP contribution is 2.22. The van der Waals surface area contributed by atoms with Crippen molar-refractivity contribution in [1.82, 2.24) is 9.80 Å². The summed E-state index contributed by atoms with van der Waals surface area (Å²) in [6.07, 6.45) is 3.24. The van der Waals surface area contributed by atoms with E-state index < -0.39 is 0 Å². The molecule has 0 spiro atoms. The first-order valence-corrected chi connectivity index (χ1v) is 10.6. The van der Waals surface area contributed by atoms with Gasteiger partial charge in [0.05, 0.1) is 24.7 Å². The predicted octanol–water partition coefficient (Wildman–Crippen LogP) is 2.06. The van der Waals surface area contributed by atoms with E-state index in [0.29, 0.717) is 43.7 Å². The van der Waals surface area contributed by atoms with Crippen LogP contribution < -0.4 is 0 Å². The van der Waals surface area contributed by atoms with Crippen LogP contribution in [0.25, 0.3) is 0 Å². The molecule has 1 aromatic carbocycles. The smallest absolute Gasteiger partial charge is 0.232 e. The third kappa shape index (κ3) is 5.74. The van der Waals surface area contributed by atoms with Crippen LogP contribution in [0, 0.1) is 5.92 Å². The Balaban J connectivity index is 1.32. The molecule has 142 valence electrons. The summed E-state index contributed by atoms with van der Waals surface area (Å²) in [6, 6.07) is 10.6. The van der Waals surface area contributed by atoms with E-state index in [4.69, 9.17) is 4.74 Å². The lowest BCUT2D eigenvalue weighted by molar-refractivity contribution is -0.132. The molecule has 2 saturated heterocycles. The van der Waals surface area contributed by atoms with Crippen LogP contribution in [-0.4, -0.2) is 72.5 Å². The first-order chi connectivity index (χ1) is 12.7. The van der Waals surface area contributed by atoms with Crippen molar-refractivity contribution in [3.8, 4) is 0 Å². The maximum absolute atomic E-state index is 12.4. The van der Waals surface area contributed by atoms with Gasteiger partial charge in [-0.25, -0.2) is 0 Å². The molecule has 1 aromatic rings. The zero-order chi connectivity index (χ0) is 18.2. The lowest BCUT2D eigenvalue weighted by Gasteiger charge is -2.32. The van der Waals surface area contributed by atoms with E-state index in [9.17, 15) is 9.59 Å². The van der Waals surface area contributed by atoms with Crippen molar-refractivity contribution in [2.45, 2.75) is 19.3 Å². The van der Waals surface area contributed by atoms with Crippen LogP contribution >= 0.6 is 11.8 Å². The molecule has 2 aliphatic heterocycles. The Labute approximate surface area is 160 Å². The minimum absolute atomic E-state index is 0.118. The SMILES string of the molecule is O=C(CSCC(=O)N1CCC(Cc2ccccc2)CC1)N1CCOCC1. The molecular formula is C20H28N2O3S. The second-order valence-electron chi connectivity index (χ2n) is 7.00. The number of thioether (sulfide) groups is 1. The summed E-state index contributed by atoms with van der Waals surface area (Å²) in [7, 11) is 0. The number of carbonyl (C=O) groups is 2. The molecule has 0 N–H and O–H groups in total. The van der Waals surface area contributed by atoms with E-state index in [-0.39, 0.29) is 11.8 Å². The van der Waals surface area contributed by atoms with Crippen LogP contribution in [0.2, 0.25) is 0 Å². The van der Waals surface area contributed by atoms with Gasteiger partial charge in [-0.15, -0.1) is 11.8 Å². The Kier molecular flexibility index (Phi) is 7.38. The van der Waals surface area contributed by atoms with Crippen LogP contribution in [-0.2, 0) is 20.7 Å². The third-order valence-electron chi connectivity index (χ3n) is 5.15. The fraction of sp³-hybridized carbons (Fsp3) is 0.600. The van der Waals surface area contributed by atoms with E-state index in [0.717, 1.165) is 32.4 Å². The van der Waals surface area contributed by atoms with Gasteiger partial charge >= 0.3 is 0 Å². The van der Waals surface area contributed by atoms with Gasteiger partial charge in [-0.3, -0.25) is 9.59 Å². The summed E-state index contributed by atoms with van der Waals surface area (Å²) in [5.74, 6) is 1.74. The monoisotopic (exact) mass is 376 g/mol. The number of morpholine rings is 1. The first-order valence-electron chi connectivity index (χ1n) is 9.47. The molecule has 2 fully saturated rings. The molecule has 0 saturated carbocycles. The molecule has 2 heterocycles. The average molecular weight is 377 g/mol. The molecule has 0 aromatic heterocycles. The van der Waals surface area contributed by atoms with Crippen LogP contribution in [0.5, 0.6) is 0 Å². The lowest BCUT2D eigenvalue weighted by Crippen LogP contribution is -2.42. The molecule has 0 unspecified atom stereocenters. The maximum Gasteiger partial charge on any atom is 0.232 e. The zero-order valence-electron chi connectivity index (χ0n) is 15.3. The summed E-state index contributed by atoms with van der Waals surface area (Å²) < 4.78 is 5.26. The molecule has 26 heavy (non-hydrogen) atoms. The molecule has 0 bridgehead atoms. The minimum Gasteiger partial charge on any atom is -0.378 e. The number of carbonyl (C=O) groups excluding carboxylic acids is 2. The third-order valence-corrected chi connectivity index (χ3v) is 6.05. The van der Waals surface area contributed by atoms with Gasteiger partial charge < -0.3 is 14.5 Å². The molecule has 3 rings (SSSR count). The molecule has 2 aliphatic rings. The van der Waals surface area contributed by atoms with E-state index in [1.54, 1.807) is 0 Å². The summed E-state index contributed by atoms with van der Waals surface area (Å²) >= 11 is 1.44. The van der Waals surface area contributed by atoms with Crippen LogP contribution in [0.3, 0.4) is 0 Å². The van der Waals surface area contributed by atoms with Gasteiger partial charge in [0.15, 0.2) is 0 Å². The largest absolute Gasteiger partial charge is 0.378 e. The zero-order valence-corrected chi connectivity index (χ0v) is 16.1. The van der Waals surface area contributed by atoms with E-state index in [1.165, 1.54) is 17.3 Å². The van der Waals surface area contributed by atoms with E-state index in [1.807, 2.05) is 15.9 Å². The van der Waals surface area contributed by atoms with Crippen molar-refractivity contribution in [3.63, 3.8) is 0 Å². The molecular weight excluding hydrogens is 348 g/mol. The van der Waals surface area contributed by atoms with Crippen molar-refractivity contribution in [3.05, 3.63) is 35.9 Å². The Hall–Kier alpha value is -1.53. The van der Waals surface area contributed by atoms with Crippen molar-refractivity contribution in [2.75, 3.05) is 50.9 Å². The van der Waals surface area contributed by atoms with Crippen LogP contribution in [0.15, 0.2) is 30.3 Å². The number of benzene rings is 1. The Morgan fingerprint density at radius 2 is 1.50 bits per heavy atom. The summed E-state index contributed by atoms with van der Waals surface area (Å²) in [4.78, 5) is 28.3. The highest BCUT2D eigenvalue weighted by molar-refractivity contribution is 8.00. The number of hydrogen-bond acceptors (Lipinski definition) is 4. The van der Waals surface area contributed by atoms with Gasteiger partial charge in [0.2, 0.25) is 11.8 Å². The highest BCUT2D eigenvalue weighted by atomic mass is 32.2. The van der Waals surface area contributed by atoms with Crippen molar-refractivity contribution in [2.24, 2.45) is 5.92 Å². The topological polar surface area (TPSA) is 49.9 Å². The van der Waals surface area contributed by atoms with Crippen LogP contribution in [0.1, 0.15) is 18.4 Å². The van der Waals surface area contributed by atoms with Gasteiger partial charge in [-0.1, -0.05) is 30.3 Å². The Morgan fingerprint density at radius 1 is 0.923 bits per heavy atom. The van der Waals surface area contributed by atoms with Gasteiger partial charge in [-0.2, -0.15) is 0 Å². The summed E-state index contributed by atoms with van der Waals surface area (Å²) in [6.45, 7) is 4.26. The van der Waals surface area contributed by atoms with Gasteiger partial charge in [0.1, 0.15) is 0 Å². The van der Waals surface area contributed by atoms with Crippen LogP contribution in [0.4, 0.5) is 0 Å². The number of rotatable bonds is 6. The first kappa shape index (κ1) is 19.2. The van der Waals surface area contributed by atoms with Crippen molar-refractivity contribution < 1.29 is 14.3 Å². The molecule has 0 aliphatic carbocycles. The number of nitrogens with zero attached hydrogens (tertiary/aromatic N) is 2. The maximum atomic E-state index is 12.4. The minimum atomic E-state index is 0.118. The van der Waals surface area contributed by atoms with Gasteiger partial charge in [0.25, 0.3) is 0 Å². The van der Waals surface area contributed by atoms with Gasteiger partial charge in [0, 0.05) is 26.2 Å². The van der Waals surface area contributed by atoms with Crippen molar-refractivity contribution in [1.29, 1.82) is 0 Å². The van der Waals surface area contributed by atoms with Crippen molar-refractivity contribution >= 4 is 23.6 Å². The Morgan fingerprint density at radius 3 is 2.12 bits per heavy atom. The number of piperidine rings is 1. The summed E-state index contributed by atoms with van der Waals surface area (Å²) in [5.41, 5.74) is 1.38. The standard InChI is InChI=1S/C20H28N2O3S/c23-19(15-26-16-20(24)22-10-12-25-13-11-22)21-8-6-18(7-9-21)14-17-4-2-1-3-5-17/h1-5,18H,6-16H2. The molecule has 0 radical (unpaired) electrons. The molecule has 0 atom stereocenters. The number of ether oxygens (including phenoxy) is 1. The van der Waals surface area contributed by atoms with Gasteiger partial charge in [-0.05, 0) is 30.7 Å². The second kappa shape index (κ2) is 9.97. The average Bonchev–Trinajstić information content (AvgIpc) is 2.70. The lowest BCUT2D eigenvalue weighted by atomic mass is 9.90. The summed E-state index contributed by atoms with van der Waals surface area (Å²) in [5, 5.41) is 0. The quantitative estimate of drug-likeness (QED) is 0.763. The molecule has 2 amide bonds. The van der Waals surface area contributed by atoms with E-state index in [2.05, 4.69) is 24.3 Å². The fourth-order valence-corrected chi connectivity index (χ4v) is 4.37.